The molecule has 1 fully saturated rings. The fourth-order valence-electron chi connectivity index (χ4n) is 2.09. The SMILES string of the molecule is CB(O)N1CCC(NCC(=O)NC(C)C)CC1. The van der Waals surface area contributed by atoms with Crippen LogP contribution < -0.4 is 10.6 Å². The Labute approximate surface area is 104 Å². The normalized spacial score (nSPS) is 18.4. The van der Waals surface area contributed by atoms with Gasteiger partial charge in [0.05, 0.1) is 6.54 Å². The Balaban J connectivity index is 2.16. The molecule has 0 aliphatic carbocycles. The molecule has 0 aromatic carbocycles. The number of nitrogens with one attached hydrogen (secondary N) is 2. The molecule has 0 aromatic heterocycles. The number of rotatable bonds is 5. The second-order valence-electron chi connectivity index (χ2n) is 5.05. The molecule has 0 aromatic rings. The molecular formula is C11H24BN3O2. The van der Waals surface area contributed by atoms with Crippen LogP contribution in [0.2, 0.25) is 6.82 Å². The number of hydrogen-bond acceptors (Lipinski definition) is 4. The molecule has 98 valence electrons. The summed E-state index contributed by atoms with van der Waals surface area (Å²) in [6, 6.07) is 0.587. The Hall–Kier alpha value is -0.585. The molecular weight excluding hydrogens is 217 g/mol. The molecule has 1 rings (SSSR count). The van der Waals surface area contributed by atoms with Gasteiger partial charge in [0.25, 0.3) is 0 Å². The number of amides is 1. The molecule has 1 aliphatic rings. The minimum absolute atomic E-state index is 0.0537. The third-order valence-electron chi connectivity index (χ3n) is 3.06. The Morgan fingerprint density at radius 2 is 2.06 bits per heavy atom. The molecule has 0 atom stereocenters. The molecule has 1 heterocycles. The minimum Gasteiger partial charge on any atom is -0.437 e. The van der Waals surface area contributed by atoms with Crippen LogP contribution in [0.15, 0.2) is 0 Å². The van der Waals surface area contributed by atoms with Crippen LogP contribution in [0.3, 0.4) is 0 Å². The van der Waals surface area contributed by atoms with Crippen molar-refractivity contribution in [1.29, 1.82) is 0 Å². The van der Waals surface area contributed by atoms with Crippen LogP contribution in [-0.4, -0.2) is 54.5 Å². The van der Waals surface area contributed by atoms with E-state index in [2.05, 4.69) is 10.6 Å². The van der Waals surface area contributed by atoms with E-state index in [1.807, 2.05) is 18.7 Å². The summed E-state index contributed by atoms with van der Waals surface area (Å²) in [5.41, 5.74) is 0. The van der Waals surface area contributed by atoms with Crippen molar-refractivity contribution in [3.05, 3.63) is 0 Å². The summed E-state index contributed by atoms with van der Waals surface area (Å²) < 4.78 is 0. The van der Waals surface area contributed by atoms with Crippen LogP contribution in [0.5, 0.6) is 0 Å². The highest BCUT2D eigenvalue weighted by molar-refractivity contribution is 6.45. The summed E-state index contributed by atoms with van der Waals surface area (Å²) in [4.78, 5) is 13.5. The van der Waals surface area contributed by atoms with Crippen LogP contribution in [-0.2, 0) is 4.79 Å². The second kappa shape index (κ2) is 6.98. The topological polar surface area (TPSA) is 64.6 Å². The third-order valence-corrected chi connectivity index (χ3v) is 3.06. The zero-order valence-electron chi connectivity index (χ0n) is 11.1. The van der Waals surface area contributed by atoms with Crippen molar-refractivity contribution in [3.63, 3.8) is 0 Å². The monoisotopic (exact) mass is 241 g/mol. The molecule has 5 nitrogen and oxygen atoms in total. The first-order valence-electron chi connectivity index (χ1n) is 6.44. The zero-order valence-corrected chi connectivity index (χ0v) is 11.1. The van der Waals surface area contributed by atoms with Gasteiger partial charge >= 0.3 is 7.05 Å². The molecule has 0 saturated carbocycles. The van der Waals surface area contributed by atoms with Gasteiger partial charge in [-0.1, -0.05) is 0 Å². The largest absolute Gasteiger partial charge is 0.437 e. The number of carbonyl (C=O) groups is 1. The second-order valence-corrected chi connectivity index (χ2v) is 5.05. The van der Waals surface area contributed by atoms with E-state index < -0.39 is 0 Å². The fourth-order valence-corrected chi connectivity index (χ4v) is 2.09. The van der Waals surface area contributed by atoms with E-state index in [1.165, 1.54) is 0 Å². The van der Waals surface area contributed by atoms with E-state index >= 15 is 0 Å². The lowest BCUT2D eigenvalue weighted by molar-refractivity contribution is -0.120. The van der Waals surface area contributed by atoms with Crippen molar-refractivity contribution in [2.24, 2.45) is 0 Å². The first-order valence-corrected chi connectivity index (χ1v) is 6.44. The molecule has 17 heavy (non-hydrogen) atoms. The van der Waals surface area contributed by atoms with Crippen molar-refractivity contribution in [2.45, 2.75) is 45.6 Å². The van der Waals surface area contributed by atoms with Crippen molar-refractivity contribution >= 4 is 13.0 Å². The maximum atomic E-state index is 11.4. The highest BCUT2D eigenvalue weighted by Crippen LogP contribution is 2.10. The quantitative estimate of drug-likeness (QED) is 0.577. The lowest BCUT2D eigenvalue weighted by Gasteiger charge is -2.33. The number of hydrogen-bond donors (Lipinski definition) is 3. The van der Waals surface area contributed by atoms with Gasteiger partial charge in [0.15, 0.2) is 0 Å². The van der Waals surface area contributed by atoms with Gasteiger partial charge in [-0.3, -0.25) is 4.79 Å². The number of nitrogens with zero attached hydrogens (tertiary/aromatic N) is 1. The van der Waals surface area contributed by atoms with Crippen LogP contribution in [0, 0.1) is 0 Å². The summed E-state index contributed by atoms with van der Waals surface area (Å²) in [6.07, 6.45) is 1.97. The zero-order chi connectivity index (χ0) is 12.8. The first-order chi connectivity index (χ1) is 7.99. The molecule has 0 spiro atoms. The van der Waals surface area contributed by atoms with Crippen LogP contribution in [0.25, 0.3) is 0 Å². The van der Waals surface area contributed by atoms with Gasteiger partial charge in [-0.05, 0) is 46.6 Å². The van der Waals surface area contributed by atoms with Gasteiger partial charge in [-0.2, -0.15) is 0 Å². The maximum Gasteiger partial charge on any atom is 0.376 e. The summed E-state index contributed by atoms with van der Waals surface area (Å²) in [7, 11) is -0.361. The van der Waals surface area contributed by atoms with Crippen molar-refractivity contribution in [2.75, 3.05) is 19.6 Å². The molecule has 0 unspecified atom stereocenters. The first kappa shape index (κ1) is 14.5. The molecule has 1 saturated heterocycles. The lowest BCUT2D eigenvalue weighted by Crippen LogP contribution is -2.49. The fraction of sp³-hybridized carbons (Fsp3) is 0.909. The van der Waals surface area contributed by atoms with E-state index in [1.54, 1.807) is 6.82 Å². The van der Waals surface area contributed by atoms with E-state index in [9.17, 15) is 9.82 Å². The van der Waals surface area contributed by atoms with Crippen molar-refractivity contribution in [3.8, 4) is 0 Å². The minimum atomic E-state index is -0.361. The Morgan fingerprint density at radius 3 is 2.53 bits per heavy atom. The average molecular weight is 241 g/mol. The molecule has 0 bridgehead atoms. The van der Waals surface area contributed by atoms with Gasteiger partial charge in [0.1, 0.15) is 0 Å². The summed E-state index contributed by atoms with van der Waals surface area (Å²) in [5, 5.41) is 15.5. The summed E-state index contributed by atoms with van der Waals surface area (Å²) in [6.45, 7) is 7.88. The van der Waals surface area contributed by atoms with Gasteiger partial charge in [-0.25, -0.2) is 0 Å². The van der Waals surface area contributed by atoms with Crippen LogP contribution in [0.1, 0.15) is 26.7 Å². The summed E-state index contributed by atoms with van der Waals surface area (Å²) >= 11 is 0. The predicted molar refractivity (Wildman–Crippen MR) is 69.7 cm³/mol. The molecule has 0 radical (unpaired) electrons. The van der Waals surface area contributed by atoms with E-state index in [4.69, 9.17) is 0 Å². The average Bonchev–Trinajstić information content (AvgIpc) is 2.26. The van der Waals surface area contributed by atoms with Crippen molar-refractivity contribution in [1.82, 2.24) is 15.4 Å². The van der Waals surface area contributed by atoms with Crippen LogP contribution in [0.4, 0.5) is 0 Å². The van der Waals surface area contributed by atoms with Gasteiger partial charge in [0, 0.05) is 12.1 Å². The van der Waals surface area contributed by atoms with Crippen LogP contribution >= 0.6 is 0 Å². The number of carbonyl (C=O) groups excluding carboxylic acids is 1. The maximum absolute atomic E-state index is 11.4. The standard InChI is InChI=1S/C11H24BN3O2/c1-9(2)14-11(16)8-13-10-4-6-15(7-5-10)12(3)17/h9-10,13,17H,4-8H2,1-3H3,(H,14,16). The Bertz CT molecular complexity index is 241. The van der Waals surface area contributed by atoms with Gasteiger partial charge in [0.2, 0.25) is 5.91 Å². The highest BCUT2D eigenvalue weighted by Gasteiger charge is 2.23. The molecule has 6 heteroatoms. The Morgan fingerprint density at radius 1 is 1.47 bits per heavy atom. The van der Waals surface area contributed by atoms with Gasteiger partial charge < -0.3 is 20.5 Å². The van der Waals surface area contributed by atoms with E-state index in [0.29, 0.717) is 12.6 Å². The molecule has 1 amide bonds. The predicted octanol–water partition coefficient (Wildman–Crippen LogP) is -0.325. The van der Waals surface area contributed by atoms with Gasteiger partial charge in [-0.15, -0.1) is 0 Å². The van der Waals surface area contributed by atoms with E-state index in [-0.39, 0.29) is 19.0 Å². The highest BCUT2D eigenvalue weighted by atomic mass is 16.2. The smallest absolute Gasteiger partial charge is 0.376 e. The molecule has 1 aliphatic heterocycles. The molecule has 3 N–H and O–H groups in total. The third kappa shape index (κ3) is 5.52. The number of piperidine rings is 1. The van der Waals surface area contributed by atoms with Crippen molar-refractivity contribution < 1.29 is 9.82 Å². The lowest BCUT2D eigenvalue weighted by atomic mass is 9.82. The van der Waals surface area contributed by atoms with E-state index in [0.717, 1.165) is 25.9 Å². The summed E-state index contributed by atoms with van der Waals surface area (Å²) in [5.74, 6) is 0.0537. The Kier molecular flexibility index (Phi) is 5.95.